The fourth-order valence-electron chi connectivity index (χ4n) is 3.51. The minimum atomic E-state index is -4.82. The minimum absolute atomic E-state index is 0.0833. The van der Waals surface area contributed by atoms with Crippen LogP contribution in [0.1, 0.15) is 33.3 Å². The Labute approximate surface area is 178 Å². The number of hydrogen-bond acceptors (Lipinski definition) is 6. The van der Waals surface area contributed by atoms with Gasteiger partial charge in [-0.2, -0.15) is 18.3 Å². The molecule has 166 valence electrons. The summed E-state index contributed by atoms with van der Waals surface area (Å²) in [6, 6.07) is 10.3. The quantitative estimate of drug-likeness (QED) is 0.393. The van der Waals surface area contributed by atoms with Gasteiger partial charge in [-0.25, -0.2) is 4.68 Å². The van der Waals surface area contributed by atoms with Crippen molar-refractivity contribution < 1.29 is 27.8 Å². The number of carbonyl (C=O) groups excluding carboxylic acids is 1. The van der Waals surface area contributed by atoms with Gasteiger partial charge < -0.3 is 0 Å². The second-order valence-electron chi connectivity index (χ2n) is 6.82. The van der Waals surface area contributed by atoms with Crippen LogP contribution in [0.2, 0.25) is 0 Å². The number of nitrogens with zero attached hydrogens (tertiary/aromatic N) is 4. The van der Waals surface area contributed by atoms with Gasteiger partial charge in [0.05, 0.1) is 22.3 Å². The van der Waals surface area contributed by atoms with Gasteiger partial charge in [0.25, 0.3) is 11.6 Å². The largest absolute Gasteiger partial charge is 0.416 e. The first kappa shape index (κ1) is 22.6. The second kappa shape index (κ2) is 8.96. The molecule has 2 aromatic carbocycles. The summed E-state index contributed by atoms with van der Waals surface area (Å²) >= 11 is 0. The molecule has 0 aliphatic heterocycles. The summed E-state index contributed by atoms with van der Waals surface area (Å²) in [6.07, 6.45) is -2.28. The summed E-state index contributed by atoms with van der Waals surface area (Å²) in [6.45, 7) is -0.984. The van der Waals surface area contributed by atoms with E-state index in [9.17, 15) is 38.2 Å². The molecular weight excluding hydrogens is 433 g/mol. The number of non-ortho nitro benzene ring substituents is 1. The zero-order valence-corrected chi connectivity index (χ0v) is 16.2. The van der Waals surface area contributed by atoms with Crippen LogP contribution >= 0.6 is 0 Å². The molecule has 12 heteroatoms. The van der Waals surface area contributed by atoms with E-state index in [2.05, 4.69) is 5.10 Å². The first-order chi connectivity index (χ1) is 15.1. The molecule has 3 aromatic rings. The Morgan fingerprint density at radius 2 is 1.69 bits per heavy atom. The molecule has 0 saturated carbocycles. The van der Waals surface area contributed by atoms with Crippen LogP contribution in [0, 0.1) is 20.2 Å². The fraction of sp³-hybridized carbons (Fsp3) is 0.200. The average molecular weight is 448 g/mol. The molecule has 1 aromatic heterocycles. The van der Waals surface area contributed by atoms with E-state index in [0.29, 0.717) is 0 Å². The molecule has 0 unspecified atom stereocenters. The highest BCUT2D eigenvalue weighted by Crippen LogP contribution is 2.41. The molecule has 1 heterocycles. The van der Waals surface area contributed by atoms with Gasteiger partial charge in [-0.15, -0.1) is 0 Å². The van der Waals surface area contributed by atoms with Gasteiger partial charge in [0.1, 0.15) is 0 Å². The van der Waals surface area contributed by atoms with Crippen molar-refractivity contribution in [2.75, 3.05) is 6.54 Å². The van der Waals surface area contributed by atoms with Crippen LogP contribution in [0.4, 0.5) is 18.9 Å². The Morgan fingerprint density at radius 3 is 2.22 bits per heavy atom. The van der Waals surface area contributed by atoms with E-state index in [1.54, 1.807) is 0 Å². The van der Waals surface area contributed by atoms with Crippen molar-refractivity contribution in [3.63, 3.8) is 0 Å². The Kier molecular flexibility index (Phi) is 6.32. The number of rotatable bonds is 7. The molecule has 0 amide bonds. The molecule has 0 N–H and O–H groups in total. The SMILES string of the molecule is O=C([C@@H](c1ccc([N+](=O)[O-])cc1)[C@H](C[N+](=O)[O-])c1ccccc1C(F)(F)F)n1cccn1. The van der Waals surface area contributed by atoms with Crippen LogP contribution in [0.5, 0.6) is 0 Å². The Morgan fingerprint density at radius 1 is 1.03 bits per heavy atom. The van der Waals surface area contributed by atoms with Crippen molar-refractivity contribution in [3.8, 4) is 0 Å². The van der Waals surface area contributed by atoms with E-state index < -0.39 is 51.4 Å². The predicted octanol–water partition coefficient (Wildman–Crippen LogP) is 4.29. The van der Waals surface area contributed by atoms with Gasteiger partial charge in [0.2, 0.25) is 6.54 Å². The van der Waals surface area contributed by atoms with Crippen molar-refractivity contribution >= 4 is 11.6 Å². The zero-order chi connectivity index (χ0) is 23.5. The summed E-state index contributed by atoms with van der Waals surface area (Å²) in [4.78, 5) is 34.2. The number of nitro groups is 2. The van der Waals surface area contributed by atoms with Crippen LogP contribution in [-0.4, -0.2) is 32.1 Å². The summed E-state index contributed by atoms with van der Waals surface area (Å²) in [7, 11) is 0. The van der Waals surface area contributed by atoms with Crippen LogP contribution in [0.25, 0.3) is 0 Å². The maximum Gasteiger partial charge on any atom is 0.416 e. The first-order valence-electron chi connectivity index (χ1n) is 9.15. The lowest BCUT2D eigenvalue weighted by Crippen LogP contribution is -2.31. The summed E-state index contributed by atoms with van der Waals surface area (Å²) < 4.78 is 41.9. The predicted molar refractivity (Wildman–Crippen MR) is 105 cm³/mol. The van der Waals surface area contributed by atoms with Crippen molar-refractivity contribution in [2.24, 2.45) is 0 Å². The highest BCUT2D eigenvalue weighted by atomic mass is 19.4. The first-order valence-corrected chi connectivity index (χ1v) is 9.15. The number of alkyl halides is 3. The van der Waals surface area contributed by atoms with Crippen molar-refractivity contribution in [1.29, 1.82) is 0 Å². The number of hydrogen-bond donors (Lipinski definition) is 0. The van der Waals surface area contributed by atoms with Crippen LogP contribution < -0.4 is 0 Å². The Hall–Kier alpha value is -4.09. The van der Waals surface area contributed by atoms with Gasteiger partial charge in [-0.05, 0) is 23.3 Å². The van der Waals surface area contributed by atoms with Crippen LogP contribution in [-0.2, 0) is 6.18 Å². The van der Waals surface area contributed by atoms with Crippen molar-refractivity contribution in [2.45, 2.75) is 18.0 Å². The van der Waals surface area contributed by atoms with Gasteiger partial charge in [-0.1, -0.05) is 30.3 Å². The molecule has 0 aliphatic carbocycles. The van der Waals surface area contributed by atoms with Crippen LogP contribution in [0.3, 0.4) is 0 Å². The highest BCUT2D eigenvalue weighted by molar-refractivity contribution is 5.86. The molecule has 2 atom stereocenters. The molecule has 0 spiro atoms. The van der Waals surface area contributed by atoms with Gasteiger partial charge in [0.15, 0.2) is 0 Å². The standard InChI is InChI=1S/C20H15F3N4O5/c21-20(22,23)17-5-2-1-4-15(17)16(12-26(29)30)18(19(28)25-11-3-10-24-25)13-6-8-14(9-7-13)27(31)32/h1-11,16,18H,12H2/t16-,18+/m1/s1. The maximum atomic E-state index is 13.7. The minimum Gasteiger partial charge on any atom is -0.272 e. The third-order valence-corrected chi connectivity index (χ3v) is 4.87. The molecule has 32 heavy (non-hydrogen) atoms. The molecule has 0 radical (unpaired) electrons. The topological polar surface area (TPSA) is 121 Å². The summed E-state index contributed by atoms with van der Waals surface area (Å²) in [5.74, 6) is -3.81. The van der Waals surface area contributed by atoms with E-state index in [1.165, 1.54) is 36.7 Å². The molecule has 0 fully saturated rings. The molecule has 9 nitrogen and oxygen atoms in total. The van der Waals surface area contributed by atoms with Gasteiger partial charge in [0, 0.05) is 29.4 Å². The molecule has 3 rings (SSSR count). The van der Waals surface area contributed by atoms with Crippen molar-refractivity contribution in [3.05, 3.63) is 104 Å². The van der Waals surface area contributed by atoms with Crippen LogP contribution in [0.15, 0.2) is 67.0 Å². The smallest absolute Gasteiger partial charge is 0.272 e. The molecule has 0 aliphatic rings. The Bertz CT molecular complexity index is 1130. The normalized spacial score (nSPS) is 13.3. The van der Waals surface area contributed by atoms with Gasteiger partial charge >= 0.3 is 6.18 Å². The lowest BCUT2D eigenvalue weighted by atomic mass is 9.79. The van der Waals surface area contributed by atoms with E-state index in [-0.39, 0.29) is 11.3 Å². The molecule has 0 bridgehead atoms. The van der Waals surface area contributed by atoms with E-state index in [4.69, 9.17) is 0 Å². The second-order valence-corrected chi connectivity index (χ2v) is 6.82. The monoisotopic (exact) mass is 448 g/mol. The highest BCUT2D eigenvalue weighted by Gasteiger charge is 2.42. The number of benzene rings is 2. The van der Waals surface area contributed by atoms with E-state index >= 15 is 0 Å². The number of halogens is 3. The number of carbonyl (C=O) groups is 1. The van der Waals surface area contributed by atoms with Crippen molar-refractivity contribution in [1.82, 2.24) is 9.78 Å². The lowest BCUT2D eigenvalue weighted by molar-refractivity contribution is -0.483. The lowest BCUT2D eigenvalue weighted by Gasteiger charge is -2.26. The summed E-state index contributed by atoms with van der Waals surface area (Å²) in [5.41, 5.74) is -1.76. The maximum absolute atomic E-state index is 13.7. The average Bonchev–Trinajstić information content (AvgIpc) is 3.27. The Balaban J connectivity index is 2.22. The number of aromatic nitrogens is 2. The zero-order valence-electron chi connectivity index (χ0n) is 16.2. The fourth-order valence-corrected chi connectivity index (χ4v) is 3.51. The van der Waals surface area contributed by atoms with E-state index in [0.717, 1.165) is 35.0 Å². The number of nitro benzene ring substituents is 1. The molecule has 0 saturated heterocycles. The third-order valence-electron chi connectivity index (χ3n) is 4.87. The molecular formula is C20H15F3N4O5. The third kappa shape index (κ3) is 4.79. The summed E-state index contributed by atoms with van der Waals surface area (Å²) in [5, 5.41) is 26.2. The van der Waals surface area contributed by atoms with Gasteiger partial charge in [-0.3, -0.25) is 25.0 Å². The van der Waals surface area contributed by atoms with E-state index in [1.807, 2.05) is 0 Å².